The van der Waals surface area contributed by atoms with Gasteiger partial charge in [0.1, 0.15) is 5.75 Å². The van der Waals surface area contributed by atoms with Crippen molar-refractivity contribution in [3.05, 3.63) is 64.8 Å². The molecule has 1 aliphatic rings. The summed E-state index contributed by atoms with van der Waals surface area (Å²) in [5.74, 6) is 0.873. The quantitative estimate of drug-likeness (QED) is 0.683. The number of aromatic amines is 1. The number of hydrogen-bond donors (Lipinski definition) is 1. The Morgan fingerprint density at radius 3 is 2.58 bits per heavy atom. The molecule has 1 aliphatic heterocycles. The molecule has 0 unspecified atom stereocenters. The molecule has 4 nitrogen and oxygen atoms in total. The van der Waals surface area contributed by atoms with Crippen molar-refractivity contribution >= 4 is 10.9 Å². The molecule has 134 valence electrons. The van der Waals surface area contributed by atoms with Crippen molar-refractivity contribution in [3.63, 3.8) is 0 Å². The van der Waals surface area contributed by atoms with Crippen LogP contribution in [0, 0.1) is 0 Å². The summed E-state index contributed by atoms with van der Waals surface area (Å²) in [6.45, 7) is 4.33. The van der Waals surface area contributed by atoms with Crippen molar-refractivity contribution in [2.45, 2.75) is 19.3 Å². The monoisotopic (exact) mass is 348 g/mol. The highest BCUT2D eigenvalue weighted by Gasteiger charge is 2.10. The number of nitrogens with zero attached hydrogens (tertiary/aromatic N) is 1. The molecular weight excluding hydrogens is 324 g/mol. The second kappa shape index (κ2) is 7.75. The molecule has 0 atom stereocenters. The molecule has 1 fully saturated rings. The number of para-hydroxylation sites is 1. The fourth-order valence-corrected chi connectivity index (χ4v) is 3.57. The molecule has 1 saturated heterocycles. The van der Waals surface area contributed by atoms with Gasteiger partial charge >= 0.3 is 0 Å². The van der Waals surface area contributed by atoms with E-state index in [1.54, 1.807) is 6.07 Å². The van der Waals surface area contributed by atoms with Gasteiger partial charge in [-0.2, -0.15) is 0 Å². The smallest absolute Gasteiger partial charge is 0.190 e. The van der Waals surface area contributed by atoms with Crippen LogP contribution < -0.4 is 10.2 Å². The molecule has 0 spiro atoms. The molecular formula is C22H24N2O2. The first-order chi connectivity index (χ1) is 12.8. The van der Waals surface area contributed by atoms with Gasteiger partial charge in [-0.05, 0) is 74.3 Å². The average molecular weight is 348 g/mol. The molecule has 1 N–H and O–H groups in total. The summed E-state index contributed by atoms with van der Waals surface area (Å²) in [5, 5.41) is 0.717. The Kier molecular flexibility index (Phi) is 5.02. The zero-order valence-electron chi connectivity index (χ0n) is 14.9. The number of hydrogen-bond acceptors (Lipinski definition) is 3. The van der Waals surface area contributed by atoms with Crippen LogP contribution in [-0.2, 0) is 0 Å². The minimum Gasteiger partial charge on any atom is -0.494 e. The highest BCUT2D eigenvalue weighted by molar-refractivity contribution is 5.81. The third-order valence-corrected chi connectivity index (χ3v) is 4.99. The molecule has 4 heteroatoms. The Balaban J connectivity index is 1.40. The summed E-state index contributed by atoms with van der Waals surface area (Å²) in [5.41, 5.74) is 2.71. The number of benzene rings is 2. The maximum atomic E-state index is 12.3. The number of aromatic nitrogens is 1. The molecule has 26 heavy (non-hydrogen) atoms. The van der Waals surface area contributed by atoms with E-state index in [0.717, 1.165) is 42.1 Å². The Morgan fingerprint density at radius 1 is 1.00 bits per heavy atom. The van der Waals surface area contributed by atoms with Gasteiger partial charge in [-0.15, -0.1) is 0 Å². The van der Waals surface area contributed by atoms with Crippen LogP contribution in [0.4, 0.5) is 0 Å². The van der Waals surface area contributed by atoms with Gasteiger partial charge in [-0.25, -0.2) is 0 Å². The normalized spacial score (nSPS) is 14.8. The summed E-state index contributed by atoms with van der Waals surface area (Å²) in [7, 11) is 0. The van der Waals surface area contributed by atoms with E-state index in [1.165, 1.54) is 25.9 Å². The molecule has 2 aromatic carbocycles. The topological polar surface area (TPSA) is 45.3 Å². The predicted molar refractivity (Wildman–Crippen MR) is 106 cm³/mol. The minimum atomic E-state index is 0.0385. The standard InChI is InChI=1S/C22H24N2O2/c25-22-16-21(23-20-7-2-1-6-19(20)22)17-8-10-18(11-9-17)26-15-5-14-24-12-3-4-13-24/h1-2,6-11,16H,3-5,12-15H2,(H,23,25). The lowest BCUT2D eigenvalue weighted by Crippen LogP contribution is -2.21. The molecule has 2 heterocycles. The first kappa shape index (κ1) is 16.9. The fourth-order valence-electron chi connectivity index (χ4n) is 3.57. The number of fused-ring (bicyclic) bond motifs is 1. The second-order valence-corrected chi connectivity index (χ2v) is 6.87. The van der Waals surface area contributed by atoms with Crippen molar-refractivity contribution in [3.8, 4) is 17.0 Å². The van der Waals surface area contributed by atoms with Crippen molar-refractivity contribution in [2.24, 2.45) is 0 Å². The van der Waals surface area contributed by atoms with Crippen LogP contribution in [-0.4, -0.2) is 36.1 Å². The molecule has 0 aliphatic carbocycles. The number of ether oxygens (including phenoxy) is 1. The van der Waals surface area contributed by atoms with E-state index in [1.807, 2.05) is 48.5 Å². The number of nitrogens with one attached hydrogen (secondary N) is 1. The van der Waals surface area contributed by atoms with Crippen molar-refractivity contribution < 1.29 is 4.74 Å². The van der Waals surface area contributed by atoms with Crippen LogP contribution in [0.25, 0.3) is 22.2 Å². The Labute approximate surface area is 153 Å². The van der Waals surface area contributed by atoms with Gasteiger partial charge in [-0.3, -0.25) is 4.79 Å². The van der Waals surface area contributed by atoms with Gasteiger partial charge in [0.2, 0.25) is 0 Å². The lowest BCUT2D eigenvalue weighted by molar-refractivity contribution is 0.263. The third-order valence-electron chi connectivity index (χ3n) is 4.99. The summed E-state index contributed by atoms with van der Waals surface area (Å²) < 4.78 is 5.85. The van der Waals surface area contributed by atoms with Crippen molar-refractivity contribution in [1.29, 1.82) is 0 Å². The molecule has 1 aromatic heterocycles. The molecule has 0 bridgehead atoms. The number of pyridine rings is 1. The molecule has 3 aromatic rings. The zero-order valence-corrected chi connectivity index (χ0v) is 14.9. The van der Waals surface area contributed by atoms with E-state index in [9.17, 15) is 4.79 Å². The van der Waals surface area contributed by atoms with Gasteiger partial charge in [0, 0.05) is 29.2 Å². The average Bonchev–Trinajstić information content (AvgIpc) is 3.19. The molecule has 0 saturated carbocycles. The van der Waals surface area contributed by atoms with Gasteiger partial charge in [0.15, 0.2) is 5.43 Å². The Morgan fingerprint density at radius 2 is 1.77 bits per heavy atom. The third kappa shape index (κ3) is 3.81. The summed E-state index contributed by atoms with van der Waals surface area (Å²) in [4.78, 5) is 18.1. The maximum Gasteiger partial charge on any atom is 0.190 e. The van der Waals surface area contributed by atoms with Crippen LogP contribution in [0.15, 0.2) is 59.4 Å². The Bertz CT molecular complexity index is 925. The van der Waals surface area contributed by atoms with E-state index in [0.29, 0.717) is 5.39 Å². The largest absolute Gasteiger partial charge is 0.494 e. The van der Waals surface area contributed by atoms with Crippen molar-refractivity contribution in [2.75, 3.05) is 26.2 Å². The van der Waals surface area contributed by atoms with E-state index in [-0.39, 0.29) is 5.43 Å². The van der Waals surface area contributed by atoms with Gasteiger partial charge in [0.25, 0.3) is 0 Å². The first-order valence-corrected chi connectivity index (χ1v) is 9.37. The zero-order chi connectivity index (χ0) is 17.8. The highest BCUT2D eigenvalue weighted by Crippen LogP contribution is 2.21. The number of rotatable bonds is 6. The summed E-state index contributed by atoms with van der Waals surface area (Å²) in [6, 6.07) is 17.2. The van der Waals surface area contributed by atoms with Crippen LogP contribution in [0.1, 0.15) is 19.3 Å². The number of likely N-dealkylation sites (tertiary alicyclic amines) is 1. The Hall–Kier alpha value is -2.59. The van der Waals surface area contributed by atoms with E-state index < -0.39 is 0 Å². The summed E-state index contributed by atoms with van der Waals surface area (Å²) >= 11 is 0. The van der Waals surface area contributed by atoms with E-state index >= 15 is 0 Å². The van der Waals surface area contributed by atoms with Crippen molar-refractivity contribution in [1.82, 2.24) is 9.88 Å². The minimum absolute atomic E-state index is 0.0385. The van der Waals surface area contributed by atoms with Gasteiger partial charge < -0.3 is 14.6 Å². The van der Waals surface area contributed by atoms with Gasteiger partial charge in [0.05, 0.1) is 6.61 Å². The predicted octanol–water partition coefficient (Wildman–Crippen LogP) is 4.06. The van der Waals surface area contributed by atoms with Crippen LogP contribution in [0.3, 0.4) is 0 Å². The lowest BCUT2D eigenvalue weighted by atomic mass is 10.1. The van der Waals surface area contributed by atoms with Crippen LogP contribution in [0.5, 0.6) is 5.75 Å². The molecule has 4 rings (SSSR count). The fraction of sp³-hybridized carbons (Fsp3) is 0.318. The molecule has 0 amide bonds. The van der Waals surface area contributed by atoms with Crippen LogP contribution >= 0.6 is 0 Å². The van der Waals surface area contributed by atoms with Gasteiger partial charge in [-0.1, -0.05) is 12.1 Å². The highest BCUT2D eigenvalue weighted by atomic mass is 16.5. The SMILES string of the molecule is O=c1cc(-c2ccc(OCCCN3CCCC3)cc2)[nH]c2ccccc12. The first-order valence-electron chi connectivity index (χ1n) is 9.37. The van der Waals surface area contributed by atoms with E-state index in [2.05, 4.69) is 9.88 Å². The molecule has 0 radical (unpaired) electrons. The maximum absolute atomic E-state index is 12.3. The summed E-state index contributed by atoms with van der Waals surface area (Å²) in [6.07, 6.45) is 3.72. The lowest BCUT2D eigenvalue weighted by Gasteiger charge is -2.14. The van der Waals surface area contributed by atoms with Crippen LogP contribution in [0.2, 0.25) is 0 Å². The number of H-pyrrole nitrogens is 1. The second-order valence-electron chi connectivity index (χ2n) is 6.87. The van der Waals surface area contributed by atoms with E-state index in [4.69, 9.17) is 4.74 Å².